The Labute approximate surface area is 181 Å². The van der Waals surface area contributed by atoms with Crippen LogP contribution in [0.3, 0.4) is 0 Å². The number of carbonyl (C=O) groups is 2. The molecule has 0 bridgehead atoms. The second kappa shape index (κ2) is 10.2. The van der Waals surface area contributed by atoms with Crippen LogP contribution in [0.15, 0.2) is 61.2 Å². The van der Waals surface area contributed by atoms with Crippen LogP contribution in [-0.4, -0.2) is 18.3 Å². The fourth-order valence-electron chi connectivity index (χ4n) is 2.79. The van der Waals surface area contributed by atoms with Gasteiger partial charge in [0.2, 0.25) is 16.9 Å². The van der Waals surface area contributed by atoms with Gasteiger partial charge >= 0.3 is 0 Å². The number of carbonyl (C=O) groups excluding carboxylic acids is 2. The van der Waals surface area contributed by atoms with Crippen LogP contribution in [-0.2, 0) is 6.42 Å². The van der Waals surface area contributed by atoms with Gasteiger partial charge in [-0.3, -0.25) is 14.4 Å². The van der Waals surface area contributed by atoms with Crippen molar-refractivity contribution in [3.05, 3.63) is 97.6 Å². The highest BCUT2D eigenvalue weighted by Gasteiger charge is 2.26. The zero-order valence-electron chi connectivity index (χ0n) is 17.0. The van der Waals surface area contributed by atoms with E-state index in [1.807, 2.05) is 6.92 Å². The summed E-state index contributed by atoms with van der Waals surface area (Å²) in [5.41, 5.74) is 8.44. The smallest absolute Gasteiger partial charge is 0.284 e. The Morgan fingerprint density at radius 1 is 1.12 bits per heavy atom. The highest BCUT2D eigenvalue weighted by molar-refractivity contribution is 6.07. The summed E-state index contributed by atoms with van der Waals surface area (Å²) < 4.78 is 29.4. The van der Waals surface area contributed by atoms with Crippen molar-refractivity contribution in [1.82, 2.24) is 0 Å². The van der Waals surface area contributed by atoms with E-state index in [0.29, 0.717) is 18.6 Å². The van der Waals surface area contributed by atoms with Crippen molar-refractivity contribution in [2.45, 2.75) is 26.2 Å². The summed E-state index contributed by atoms with van der Waals surface area (Å²) in [4.78, 5) is 39.7. The van der Waals surface area contributed by atoms with Crippen molar-refractivity contribution in [1.29, 1.82) is 0 Å². The Balaban J connectivity index is 1.95. The minimum Gasteiger partial charge on any atom is -0.486 e. The lowest BCUT2D eigenvalue weighted by atomic mass is 10.1. The summed E-state index contributed by atoms with van der Waals surface area (Å²) in [6, 6.07) is 9.54. The Hall–Kier alpha value is -4.17. The van der Waals surface area contributed by atoms with Crippen molar-refractivity contribution < 1.29 is 27.6 Å². The topological polar surface area (TPSA) is 135 Å². The number of benzene rings is 1. The van der Waals surface area contributed by atoms with Gasteiger partial charge in [0.15, 0.2) is 11.5 Å². The standard InChI is InChI=1S/C22H18FN3O6/c1-2-3-10-30-20-16(27)12-18(22(29)25-26-24)32-21(20)19(28)17-9-8-15(31-17)11-13-4-6-14(23)7-5-13/h4-9,12H,2-3,10-11H2,1H3. The maximum atomic E-state index is 13.1. The molecule has 2 heterocycles. The minimum atomic E-state index is -1.16. The quantitative estimate of drug-likeness (QED) is 0.154. The van der Waals surface area contributed by atoms with E-state index in [2.05, 4.69) is 10.0 Å². The molecule has 3 aromatic rings. The fourth-order valence-corrected chi connectivity index (χ4v) is 2.79. The van der Waals surface area contributed by atoms with Crippen LogP contribution in [0, 0.1) is 5.82 Å². The van der Waals surface area contributed by atoms with Crippen LogP contribution >= 0.6 is 0 Å². The molecule has 0 atom stereocenters. The molecule has 0 saturated heterocycles. The number of azide groups is 1. The van der Waals surface area contributed by atoms with Gasteiger partial charge in [-0.15, -0.1) is 0 Å². The van der Waals surface area contributed by atoms with E-state index in [0.717, 1.165) is 18.1 Å². The predicted octanol–water partition coefficient (Wildman–Crippen LogP) is 4.82. The summed E-state index contributed by atoms with van der Waals surface area (Å²) >= 11 is 0. The van der Waals surface area contributed by atoms with Crippen LogP contribution in [0.25, 0.3) is 10.4 Å². The third-order valence-corrected chi connectivity index (χ3v) is 4.38. The Morgan fingerprint density at radius 2 is 1.88 bits per heavy atom. The highest BCUT2D eigenvalue weighted by Crippen LogP contribution is 2.23. The summed E-state index contributed by atoms with van der Waals surface area (Å²) in [7, 11) is 0. The van der Waals surface area contributed by atoms with Crippen molar-refractivity contribution in [2.24, 2.45) is 5.11 Å². The summed E-state index contributed by atoms with van der Waals surface area (Å²) in [5, 5.41) is 2.88. The first kappa shape index (κ1) is 22.5. The van der Waals surface area contributed by atoms with E-state index in [4.69, 9.17) is 19.1 Å². The van der Waals surface area contributed by atoms with Crippen LogP contribution in [0.5, 0.6) is 5.75 Å². The van der Waals surface area contributed by atoms with Gasteiger partial charge in [0.25, 0.3) is 11.7 Å². The van der Waals surface area contributed by atoms with Crippen molar-refractivity contribution in [3.8, 4) is 5.75 Å². The van der Waals surface area contributed by atoms with E-state index in [1.54, 1.807) is 18.2 Å². The summed E-state index contributed by atoms with van der Waals surface area (Å²) in [6.45, 7) is 2.07. The predicted molar refractivity (Wildman–Crippen MR) is 110 cm³/mol. The number of halogens is 1. The van der Waals surface area contributed by atoms with Crippen molar-refractivity contribution in [3.63, 3.8) is 0 Å². The number of ketones is 1. The molecule has 0 radical (unpaired) electrons. The summed E-state index contributed by atoms with van der Waals surface area (Å²) in [5.74, 6) is -3.59. The first-order valence-electron chi connectivity index (χ1n) is 9.71. The first-order valence-corrected chi connectivity index (χ1v) is 9.71. The van der Waals surface area contributed by atoms with E-state index in [1.165, 1.54) is 18.2 Å². The van der Waals surface area contributed by atoms with Crippen molar-refractivity contribution >= 4 is 11.7 Å². The van der Waals surface area contributed by atoms with Gasteiger partial charge in [-0.05, 0) is 46.9 Å². The third kappa shape index (κ3) is 5.30. The third-order valence-electron chi connectivity index (χ3n) is 4.38. The number of ether oxygens (including phenoxy) is 1. The van der Waals surface area contributed by atoms with E-state index >= 15 is 0 Å². The average molecular weight is 439 g/mol. The van der Waals surface area contributed by atoms with E-state index < -0.39 is 28.6 Å². The fraction of sp³-hybridized carbons (Fsp3) is 0.227. The van der Waals surface area contributed by atoms with Gasteiger partial charge in [0.05, 0.1) is 6.61 Å². The molecular weight excluding hydrogens is 421 g/mol. The molecule has 0 aliphatic carbocycles. The SMILES string of the molecule is CCCCOc1c(C(=O)c2ccc(Cc3ccc(F)cc3)o2)oc(C(=O)N=[N+]=[N-])cc1=O. The lowest BCUT2D eigenvalue weighted by Gasteiger charge is -2.09. The number of unbranched alkanes of at least 4 members (excludes halogenated alkanes) is 1. The lowest BCUT2D eigenvalue weighted by Crippen LogP contribution is -2.17. The Kier molecular flexibility index (Phi) is 7.20. The molecule has 3 rings (SSSR count). The van der Waals surface area contributed by atoms with Gasteiger partial charge in [-0.2, -0.15) is 0 Å². The average Bonchev–Trinajstić information content (AvgIpc) is 3.24. The molecule has 0 aliphatic heterocycles. The number of nitrogens with zero attached hydrogens (tertiary/aromatic N) is 3. The summed E-state index contributed by atoms with van der Waals surface area (Å²) in [6.07, 6.45) is 1.70. The van der Waals surface area contributed by atoms with Crippen LogP contribution in [0.4, 0.5) is 4.39 Å². The van der Waals surface area contributed by atoms with Crippen LogP contribution in [0.2, 0.25) is 0 Å². The zero-order chi connectivity index (χ0) is 23.1. The highest BCUT2D eigenvalue weighted by atomic mass is 19.1. The second-order valence-corrected chi connectivity index (χ2v) is 6.73. The number of rotatable bonds is 9. The molecule has 10 heteroatoms. The van der Waals surface area contributed by atoms with Gasteiger partial charge in [0, 0.05) is 17.4 Å². The van der Waals surface area contributed by atoms with E-state index in [9.17, 15) is 18.8 Å². The minimum absolute atomic E-state index is 0.152. The first-order chi connectivity index (χ1) is 15.4. The largest absolute Gasteiger partial charge is 0.486 e. The van der Waals surface area contributed by atoms with Crippen LogP contribution < -0.4 is 10.2 Å². The van der Waals surface area contributed by atoms with E-state index in [-0.39, 0.29) is 23.9 Å². The molecule has 1 amide bonds. The van der Waals surface area contributed by atoms with Gasteiger partial charge < -0.3 is 13.6 Å². The lowest BCUT2D eigenvalue weighted by molar-refractivity contribution is 0.0941. The van der Waals surface area contributed by atoms with Crippen molar-refractivity contribution in [2.75, 3.05) is 6.61 Å². The van der Waals surface area contributed by atoms with Crippen LogP contribution in [0.1, 0.15) is 58.0 Å². The Morgan fingerprint density at radius 3 is 2.56 bits per heavy atom. The molecule has 0 N–H and O–H groups in total. The number of hydrogen-bond acceptors (Lipinski definition) is 6. The molecule has 2 aromatic heterocycles. The molecule has 32 heavy (non-hydrogen) atoms. The maximum absolute atomic E-state index is 13.1. The number of amides is 1. The molecule has 9 nitrogen and oxygen atoms in total. The monoisotopic (exact) mass is 439 g/mol. The number of hydrogen-bond donors (Lipinski definition) is 0. The molecule has 0 aliphatic rings. The normalized spacial score (nSPS) is 10.4. The molecule has 0 fully saturated rings. The molecule has 0 spiro atoms. The maximum Gasteiger partial charge on any atom is 0.284 e. The zero-order valence-corrected chi connectivity index (χ0v) is 17.0. The molecule has 0 saturated carbocycles. The molecule has 1 aromatic carbocycles. The molecular formula is C22H18FN3O6. The Bertz CT molecular complexity index is 1240. The second-order valence-electron chi connectivity index (χ2n) is 6.73. The molecule has 164 valence electrons. The van der Waals surface area contributed by atoms with Gasteiger partial charge in [-0.25, -0.2) is 4.39 Å². The van der Waals surface area contributed by atoms with Gasteiger partial charge in [0.1, 0.15) is 11.6 Å². The van der Waals surface area contributed by atoms with Gasteiger partial charge in [-0.1, -0.05) is 25.5 Å². The molecule has 0 unspecified atom stereocenters. The number of furan rings is 1.